The summed E-state index contributed by atoms with van der Waals surface area (Å²) in [6.07, 6.45) is 3.02. The number of rotatable bonds is 8. The summed E-state index contributed by atoms with van der Waals surface area (Å²) in [5.41, 5.74) is 1.16. The molecule has 0 spiro atoms. The largest absolute Gasteiger partial charge is 0.338 e. The Morgan fingerprint density at radius 1 is 1.36 bits per heavy atom. The molecule has 124 valence electrons. The molecule has 0 saturated heterocycles. The van der Waals surface area contributed by atoms with Gasteiger partial charge < -0.3 is 15.1 Å². The molecule has 0 aromatic heterocycles. The van der Waals surface area contributed by atoms with Gasteiger partial charge in [0.1, 0.15) is 0 Å². The Hall–Kier alpha value is -1.20. The van der Waals surface area contributed by atoms with Gasteiger partial charge in [-0.3, -0.25) is 0 Å². The summed E-state index contributed by atoms with van der Waals surface area (Å²) in [5, 5.41) is 3.00. The van der Waals surface area contributed by atoms with Crippen LogP contribution in [0.4, 0.5) is 4.79 Å². The smallest absolute Gasteiger partial charge is 0.317 e. The van der Waals surface area contributed by atoms with Gasteiger partial charge in [-0.25, -0.2) is 4.79 Å². The fraction of sp³-hybridized carbons (Fsp3) is 0.588. The molecule has 0 aliphatic rings. The number of hydrogen-bond acceptors (Lipinski definition) is 3. The van der Waals surface area contributed by atoms with Crippen LogP contribution in [0.3, 0.4) is 0 Å². The highest BCUT2D eigenvalue weighted by molar-refractivity contribution is 7.98. The van der Waals surface area contributed by atoms with Gasteiger partial charge in [-0.05, 0) is 50.9 Å². The lowest BCUT2D eigenvalue weighted by molar-refractivity contribution is 0.203. The minimum atomic E-state index is -0.0130. The SMILES string of the molecule is CCN(C)[C@H](C)CCNC(=O)N(C)Cc1cccc(SC)c1. The molecule has 1 aromatic rings. The number of carbonyl (C=O) groups excluding carboxylic acids is 1. The van der Waals surface area contributed by atoms with E-state index >= 15 is 0 Å². The minimum Gasteiger partial charge on any atom is -0.338 e. The first-order chi connectivity index (χ1) is 10.5. The van der Waals surface area contributed by atoms with E-state index in [0.29, 0.717) is 19.1 Å². The van der Waals surface area contributed by atoms with Crippen LogP contribution < -0.4 is 5.32 Å². The van der Waals surface area contributed by atoms with Crippen molar-refractivity contribution in [2.24, 2.45) is 0 Å². The number of carbonyl (C=O) groups is 1. The van der Waals surface area contributed by atoms with Gasteiger partial charge in [0, 0.05) is 31.1 Å². The quantitative estimate of drug-likeness (QED) is 0.746. The van der Waals surface area contributed by atoms with Crippen LogP contribution in [0.15, 0.2) is 29.2 Å². The van der Waals surface area contributed by atoms with Crippen molar-refractivity contribution in [3.05, 3.63) is 29.8 Å². The molecule has 0 bridgehead atoms. The monoisotopic (exact) mass is 323 g/mol. The number of amides is 2. The molecular formula is C17H29N3OS. The second-order valence-corrected chi connectivity index (χ2v) is 6.53. The summed E-state index contributed by atoms with van der Waals surface area (Å²) >= 11 is 1.72. The molecule has 22 heavy (non-hydrogen) atoms. The van der Waals surface area contributed by atoms with Gasteiger partial charge in [0.25, 0.3) is 0 Å². The molecule has 1 N–H and O–H groups in total. The number of thioether (sulfide) groups is 1. The van der Waals surface area contributed by atoms with Crippen LogP contribution in [0.5, 0.6) is 0 Å². The normalized spacial score (nSPS) is 12.3. The highest BCUT2D eigenvalue weighted by atomic mass is 32.2. The van der Waals surface area contributed by atoms with Crippen LogP contribution in [0.1, 0.15) is 25.8 Å². The highest BCUT2D eigenvalue weighted by Crippen LogP contribution is 2.16. The molecule has 0 fully saturated rings. The summed E-state index contributed by atoms with van der Waals surface area (Å²) in [5.74, 6) is 0. The third-order valence-corrected chi connectivity index (χ3v) is 4.72. The van der Waals surface area contributed by atoms with E-state index in [-0.39, 0.29) is 6.03 Å². The molecule has 1 aromatic carbocycles. The highest BCUT2D eigenvalue weighted by Gasteiger charge is 2.11. The van der Waals surface area contributed by atoms with Crippen molar-refractivity contribution in [3.8, 4) is 0 Å². The predicted octanol–water partition coefficient (Wildman–Crippen LogP) is 3.28. The average Bonchev–Trinajstić information content (AvgIpc) is 2.53. The predicted molar refractivity (Wildman–Crippen MR) is 95.5 cm³/mol. The van der Waals surface area contributed by atoms with E-state index in [1.54, 1.807) is 16.7 Å². The fourth-order valence-corrected chi connectivity index (χ4v) is 2.66. The van der Waals surface area contributed by atoms with Crippen molar-refractivity contribution < 1.29 is 4.79 Å². The zero-order valence-electron chi connectivity index (χ0n) is 14.4. The van der Waals surface area contributed by atoms with Crippen molar-refractivity contribution in [1.82, 2.24) is 15.1 Å². The molecule has 1 atom stereocenters. The molecule has 0 aliphatic heterocycles. The molecule has 4 nitrogen and oxygen atoms in total. The van der Waals surface area contributed by atoms with Crippen molar-refractivity contribution >= 4 is 17.8 Å². The summed E-state index contributed by atoms with van der Waals surface area (Å²) in [6, 6.07) is 8.78. The number of nitrogens with one attached hydrogen (secondary N) is 1. The maximum absolute atomic E-state index is 12.1. The Kier molecular flexibility index (Phi) is 8.35. The molecule has 0 aliphatic carbocycles. The van der Waals surface area contributed by atoms with Gasteiger partial charge in [0.15, 0.2) is 0 Å². The van der Waals surface area contributed by atoms with Gasteiger partial charge in [-0.1, -0.05) is 19.1 Å². The zero-order chi connectivity index (χ0) is 16.5. The van der Waals surface area contributed by atoms with E-state index in [2.05, 4.69) is 55.6 Å². The average molecular weight is 324 g/mol. The number of urea groups is 1. The van der Waals surface area contributed by atoms with Gasteiger partial charge in [0.2, 0.25) is 0 Å². The van der Waals surface area contributed by atoms with E-state index in [9.17, 15) is 4.79 Å². The molecule has 0 saturated carbocycles. The van der Waals surface area contributed by atoms with Crippen molar-refractivity contribution in [2.75, 3.05) is 33.4 Å². The molecule has 0 heterocycles. The van der Waals surface area contributed by atoms with Crippen LogP contribution in [-0.4, -0.2) is 55.3 Å². The van der Waals surface area contributed by atoms with E-state index in [1.165, 1.54) is 4.90 Å². The van der Waals surface area contributed by atoms with Gasteiger partial charge in [-0.15, -0.1) is 11.8 Å². The maximum Gasteiger partial charge on any atom is 0.317 e. The van der Waals surface area contributed by atoms with Crippen LogP contribution >= 0.6 is 11.8 Å². The molecule has 0 radical (unpaired) electrons. The van der Waals surface area contributed by atoms with Gasteiger partial charge in [0.05, 0.1) is 0 Å². The third kappa shape index (κ3) is 6.28. The Labute approximate surface area is 139 Å². The Bertz CT molecular complexity index is 467. The zero-order valence-corrected chi connectivity index (χ0v) is 15.2. The molecule has 2 amide bonds. The second-order valence-electron chi connectivity index (χ2n) is 5.65. The summed E-state index contributed by atoms with van der Waals surface area (Å²) in [6.45, 7) is 6.70. The van der Waals surface area contributed by atoms with E-state index in [4.69, 9.17) is 0 Å². The van der Waals surface area contributed by atoms with Crippen molar-refractivity contribution in [3.63, 3.8) is 0 Å². The first-order valence-corrected chi connectivity index (χ1v) is 9.02. The Morgan fingerprint density at radius 3 is 2.73 bits per heavy atom. The van der Waals surface area contributed by atoms with Crippen LogP contribution in [0.25, 0.3) is 0 Å². The Balaban J connectivity index is 2.38. The van der Waals surface area contributed by atoms with E-state index in [1.807, 2.05) is 13.1 Å². The van der Waals surface area contributed by atoms with Crippen molar-refractivity contribution in [2.45, 2.75) is 37.8 Å². The Morgan fingerprint density at radius 2 is 2.09 bits per heavy atom. The second kappa shape index (κ2) is 9.74. The first-order valence-electron chi connectivity index (χ1n) is 7.80. The van der Waals surface area contributed by atoms with Gasteiger partial charge in [-0.2, -0.15) is 0 Å². The molecular weight excluding hydrogens is 294 g/mol. The lowest BCUT2D eigenvalue weighted by Gasteiger charge is -2.24. The lowest BCUT2D eigenvalue weighted by atomic mass is 10.2. The summed E-state index contributed by atoms with van der Waals surface area (Å²) < 4.78 is 0. The standard InChI is InChI=1S/C17H29N3OS/c1-6-19(3)14(2)10-11-18-17(21)20(4)13-15-8-7-9-16(12-15)22-5/h7-9,12,14H,6,10-11,13H2,1-5H3,(H,18,21)/t14-/m1/s1. The first kappa shape index (κ1) is 18.8. The van der Waals surface area contributed by atoms with Gasteiger partial charge >= 0.3 is 6.03 Å². The molecule has 0 unspecified atom stereocenters. The van der Waals surface area contributed by atoms with Crippen LogP contribution in [-0.2, 0) is 6.54 Å². The third-order valence-electron chi connectivity index (χ3n) is 3.99. The summed E-state index contributed by atoms with van der Waals surface area (Å²) in [4.78, 5) is 17.4. The van der Waals surface area contributed by atoms with E-state index < -0.39 is 0 Å². The minimum absolute atomic E-state index is 0.0130. The fourth-order valence-electron chi connectivity index (χ4n) is 2.17. The molecule has 5 heteroatoms. The lowest BCUT2D eigenvalue weighted by Crippen LogP contribution is -2.39. The number of nitrogens with zero attached hydrogens (tertiary/aromatic N) is 2. The molecule has 1 rings (SSSR count). The van der Waals surface area contributed by atoms with Crippen LogP contribution in [0.2, 0.25) is 0 Å². The number of benzene rings is 1. The topological polar surface area (TPSA) is 35.6 Å². The van der Waals surface area contributed by atoms with Crippen molar-refractivity contribution in [1.29, 1.82) is 0 Å². The maximum atomic E-state index is 12.1. The van der Waals surface area contributed by atoms with Crippen LogP contribution in [0, 0.1) is 0 Å². The van der Waals surface area contributed by atoms with E-state index in [0.717, 1.165) is 18.5 Å². The number of hydrogen-bond donors (Lipinski definition) is 1. The summed E-state index contributed by atoms with van der Waals surface area (Å²) in [7, 11) is 3.94.